The van der Waals surface area contributed by atoms with E-state index in [0.29, 0.717) is 27.2 Å². The summed E-state index contributed by atoms with van der Waals surface area (Å²) in [7, 11) is 0. The molecule has 0 aliphatic rings. The maximum atomic E-state index is 11.8. The lowest BCUT2D eigenvalue weighted by Gasteiger charge is -2.19. The van der Waals surface area contributed by atoms with Crippen LogP contribution >= 0.6 is 23.1 Å². The van der Waals surface area contributed by atoms with Gasteiger partial charge in [0.15, 0.2) is 16.6 Å². The highest BCUT2D eigenvalue weighted by Crippen LogP contribution is 2.35. The second kappa shape index (κ2) is 8.86. The monoisotopic (exact) mass is 404 g/mol. The molecule has 144 valence electrons. The average molecular weight is 405 g/mol. The van der Waals surface area contributed by atoms with Crippen molar-refractivity contribution in [2.45, 2.75) is 43.6 Å². The highest BCUT2D eigenvalue weighted by molar-refractivity contribution is 7.99. The van der Waals surface area contributed by atoms with E-state index in [-0.39, 0.29) is 22.8 Å². The van der Waals surface area contributed by atoms with Crippen LogP contribution in [-0.4, -0.2) is 32.7 Å². The summed E-state index contributed by atoms with van der Waals surface area (Å²) in [5.41, 5.74) is 1.72. The Morgan fingerprint density at radius 3 is 2.63 bits per heavy atom. The van der Waals surface area contributed by atoms with Crippen molar-refractivity contribution in [3.05, 3.63) is 45.6 Å². The Labute approximate surface area is 166 Å². The lowest BCUT2D eigenvalue weighted by Crippen LogP contribution is -2.26. The Morgan fingerprint density at radius 1 is 1.22 bits per heavy atom. The minimum absolute atomic E-state index is 0.00585. The third kappa shape index (κ3) is 5.09. The van der Waals surface area contributed by atoms with E-state index in [1.807, 2.05) is 18.2 Å². The van der Waals surface area contributed by atoms with Crippen LogP contribution in [0, 0.1) is 5.92 Å². The highest BCUT2D eigenvalue weighted by atomic mass is 32.2. The van der Waals surface area contributed by atoms with Gasteiger partial charge in [0.1, 0.15) is 4.70 Å². The SMILES string of the molecule is CC(C)C[C@H](CO)Nc1nc(S[C@@H](C)c2ccccc2)nc2[nH]c(=O)sc12. The molecule has 0 spiro atoms. The normalized spacial score (nSPS) is 13.8. The molecule has 0 aliphatic heterocycles. The number of aliphatic hydroxyl groups excluding tert-OH is 1. The molecule has 2 aromatic heterocycles. The molecule has 3 aromatic rings. The minimum atomic E-state index is -0.162. The molecule has 2 heterocycles. The molecule has 6 nitrogen and oxygen atoms in total. The van der Waals surface area contributed by atoms with Gasteiger partial charge in [0, 0.05) is 5.25 Å². The van der Waals surface area contributed by atoms with E-state index in [2.05, 4.69) is 53.2 Å². The molecule has 0 radical (unpaired) electrons. The van der Waals surface area contributed by atoms with Crippen LogP contribution in [0.5, 0.6) is 0 Å². The molecular formula is C19H24N4O2S2. The Hall–Kier alpha value is -1.90. The zero-order valence-corrected chi connectivity index (χ0v) is 17.2. The number of aromatic nitrogens is 3. The number of nitrogens with one attached hydrogen (secondary N) is 2. The number of benzene rings is 1. The van der Waals surface area contributed by atoms with Gasteiger partial charge in [-0.1, -0.05) is 67.3 Å². The maximum Gasteiger partial charge on any atom is 0.306 e. The van der Waals surface area contributed by atoms with Crippen LogP contribution in [0.3, 0.4) is 0 Å². The van der Waals surface area contributed by atoms with Gasteiger partial charge < -0.3 is 10.4 Å². The van der Waals surface area contributed by atoms with Crippen molar-refractivity contribution in [1.29, 1.82) is 0 Å². The van der Waals surface area contributed by atoms with Crippen LogP contribution in [0.4, 0.5) is 5.82 Å². The van der Waals surface area contributed by atoms with Gasteiger partial charge in [-0.15, -0.1) is 0 Å². The van der Waals surface area contributed by atoms with Gasteiger partial charge in [0.2, 0.25) is 0 Å². The van der Waals surface area contributed by atoms with Gasteiger partial charge in [0.05, 0.1) is 12.6 Å². The van der Waals surface area contributed by atoms with Crippen molar-refractivity contribution >= 4 is 39.3 Å². The Morgan fingerprint density at radius 2 is 1.96 bits per heavy atom. The number of H-pyrrole nitrogens is 1. The number of aromatic amines is 1. The van der Waals surface area contributed by atoms with Crippen molar-refractivity contribution in [3.63, 3.8) is 0 Å². The van der Waals surface area contributed by atoms with E-state index < -0.39 is 0 Å². The predicted octanol–water partition coefficient (Wildman–Crippen LogP) is 4.05. The van der Waals surface area contributed by atoms with Crippen LogP contribution in [-0.2, 0) is 0 Å². The Balaban J connectivity index is 1.91. The van der Waals surface area contributed by atoms with Gasteiger partial charge in [0.25, 0.3) is 0 Å². The molecule has 2 atom stereocenters. The zero-order valence-electron chi connectivity index (χ0n) is 15.6. The summed E-state index contributed by atoms with van der Waals surface area (Å²) in [5, 5.41) is 13.8. The smallest absolute Gasteiger partial charge is 0.306 e. The molecular weight excluding hydrogens is 380 g/mol. The molecule has 0 fully saturated rings. The summed E-state index contributed by atoms with van der Waals surface area (Å²) in [6.07, 6.45) is 0.810. The first kappa shape index (κ1) is 19.9. The molecule has 27 heavy (non-hydrogen) atoms. The van der Waals surface area contributed by atoms with Gasteiger partial charge in [-0.05, 0) is 24.8 Å². The molecule has 3 rings (SSSR count). The number of thiazole rings is 1. The summed E-state index contributed by atoms with van der Waals surface area (Å²) < 4.78 is 0.693. The van der Waals surface area contributed by atoms with Crippen molar-refractivity contribution in [2.75, 3.05) is 11.9 Å². The topological polar surface area (TPSA) is 90.9 Å². The Bertz CT molecular complexity index is 940. The average Bonchev–Trinajstić information content (AvgIpc) is 3.02. The summed E-state index contributed by atoms with van der Waals surface area (Å²) in [5.74, 6) is 1.04. The number of thioether (sulfide) groups is 1. The molecule has 1 aromatic carbocycles. The van der Waals surface area contributed by atoms with Gasteiger partial charge in [-0.25, -0.2) is 9.97 Å². The molecule has 8 heteroatoms. The molecule has 0 aliphatic carbocycles. The fraction of sp³-hybridized carbons (Fsp3) is 0.421. The lowest BCUT2D eigenvalue weighted by atomic mass is 10.0. The highest BCUT2D eigenvalue weighted by Gasteiger charge is 2.18. The molecule has 0 bridgehead atoms. The van der Waals surface area contributed by atoms with Gasteiger partial charge >= 0.3 is 4.87 Å². The zero-order chi connectivity index (χ0) is 19.4. The van der Waals surface area contributed by atoms with Crippen molar-refractivity contribution in [1.82, 2.24) is 15.0 Å². The number of fused-ring (bicyclic) bond motifs is 1. The number of nitrogens with zero attached hydrogens (tertiary/aromatic N) is 2. The summed E-state index contributed by atoms with van der Waals surface area (Å²) in [6.45, 7) is 6.33. The standard InChI is InChI=1S/C19H24N4O2S2/c1-11(2)9-14(10-24)20-16-15-17(23-19(25)27-15)22-18(21-16)26-12(3)13-7-5-4-6-8-13/h4-8,11-12,14,24H,9-10H2,1-3H3,(H2,20,21,22,23,25)/t12-,14+/m0/s1. The van der Waals surface area contributed by atoms with Crippen molar-refractivity contribution in [2.24, 2.45) is 5.92 Å². The number of aliphatic hydroxyl groups is 1. The molecule has 0 unspecified atom stereocenters. The number of hydrogen-bond donors (Lipinski definition) is 3. The fourth-order valence-electron chi connectivity index (χ4n) is 2.87. The quantitative estimate of drug-likeness (QED) is 0.387. The van der Waals surface area contributed by atoms with Crippen LogP contribution in [0.2, 0.25) is 0 Å². The third-order valence-corrected chi connectivity index (χ3v) is 6.03. The molecule has 0 amide bonds. The lowest BCUT2D eigenvalue weighted by molar-refractivity contribution is 0.259. The summed E-state index contributed by atoms with van der Waals surface area (Å²) in [4.78, 5) is 23.6. The summed E-state index contributed by atoms with van der Waals surface area (Å²) >= 11 is 2.63. The van der Waals surface area contributed by atoms with Crippen LogP contribution in [0.15, 0.2) is 40.3 Å². The third-order valence-electron chi connectivity index (χ3n) is 4.13. The second-order valence-corrected chi connectivity index (χ2v) is 9.16. The maximum absolute atomic E-state index is 11.8. The van der Waals surface area contributed by atoms with E-state index in [9.17, 15) is 9.90 Å². The Kier molecular flexibility index (Phi) is 6.51. The van der Waals surface area contributed by atoms with Crippen LogP contribution in [0.1, 0.15) is 38.0 Å². The van der Waals surface area contributed by atoms with Gasteiger partial charge in [-0.3, -0.25) is 9.78 Å². The summed E-state index contributed by atoms with van der Waals surface area (Å²) in [6, 6.07) is 10.0. The first-order valence-electron chi connectivity index (χ1n) is 8.96. The van der Waals surface area contributed by atoms with Crippen LogP contribution in [0.25, 0.3) is 10.3 Å². The van der Waals surface area contributed by atoms with E-state index in [4.69, 9.17) is 0 Å². The van der Waals surface area contributed by atoms with Crippen molar-refractivity contribution < 1.29 is 5.11 Å². The first-order chi connectivity index (χ1) is 13.0. The number of hydrogen-bond acceptors (Lipinski definition) is 7. The first-order valence-corrected chi connectivity index (χ1v) is 10.7. The minimum Gasteiger partial charge on any atom is -0.394 e. The molecule has 0 saturated heterocycles. The van der Waals surface area contributed by atoms with Crippen LogP contribution < -0.4 is 10.2 Å². The largest absolute Gasteiger partial charge is 0.394 e. The second-order valence-electron chi connectivity index (χ2n) is 6.87. The number of rotatable bonds is 8. The van der Waals surface area contributed by atoms with Crippen molar-refractivity contribution in [3.8, 4) is 0 Å². The van der Waals surface area contributed by atoms with E-state index in [0.717, 1.165) is 17.8 Å². The molecule has 0 saturated carbocycles. The van der Waals surface area contributed by atoms with Gasteiger partial charge in [-0.2, -0.15) is 0 Å². The fourth-order valence-corrected chi connectivity index (χ4v) is 4.49. The van der Waals surface area contributed by atoms with E-state index >= 15 is 0 Å². The van der Waals surface area contributed by atoms with E-state index in [1.165, 1.54) is 5.56 Å². The van der Waals surface area contributed by atoms with E-state index in [1.54, 1.807) is 11.8 Å². The molecule has 3 N–H and O–H groups in total. The predicted molar refractivity (Wildman–Crippen MR) is 113 cm³/mol. The number of anilines is 1.